The molecular formula is C16H22N4O4. The maximum atomic E-state index is 10.8. The van der Waals surface area contributed by atoms with Crippen LogP contribution in [0.1, 0.15) is 0 Å². The van der Waals surface area contributed by atoms with Gasteiger partial charge in [-0.2, -0.15) is 0 Å². The van der Waals surface area contributed by atoms with Crippen molar-refractivity contribution in [1.82, 2.24) is 0 Å². The fourth-order valence-electron chi connectivity index (χ4n) is 1.79. The average Bonchev–Trinajstić information content (AvgIpc) is 2.59. The number of aliphatic hydroxyl groups excluding tert-OH is 2. The largest absolute Gasteiger partial charge is 0.399 e. The Kier molecular flexibility index (Phi) is 8.65. The van der Waals surface area contributed by atoms with Crippen molar-refractivity contribution in [1.29, 1.82) is 0 Å². The number of nitrogens with one attached hydrogen (secondary N) is 2. The Morgan fingerprint density at radius 3 is 2.12 bits per heavy atom. The molecule has 0 aliphatic heterocycles. The minimum Gasteiger partial charge on any atom is -0.399 e. The minimum atomic E-state index is -0.496. The molecule has 0 bridgehead atoms. The number of nitro groups is 1. The van der Waals surface area contributed by atoms with E-state index >= 15 is 0 Å². The smallest absolute Gasteiger partial charge is 0.294 e. The third-order valence-corrected chi connectivity index (χ3v) is 2.86. The molecule has 0 aliphatic rings. The van der Waals surface area contributed by atoms with Crippen molar-refractivity contribution in [2.45, 2.75) is 0 Å². The quantitative estimate of drug-likeness (QED) is 0.295. The van der Waals surface area contributed by atoms with Crippen LogP contribution < -0.4 is 16.4 Å². The number of nitrogen functional groups attached to an aromatic ring is 1. The first-order valence-electron chi connectivity index (χ1n) is 7.37. The Hall–Kier alpha value is -2.84. The van der Waals surface area contributed by atoms with Crippen LogP contribution in [0.2, 0.25) is 0 Å². The lowest BCUT2D eigenvalue weighted by Crippen LogP contribution is -2.09. The lowest BCUT2D eigenvalue weighted by molar-refractivity contribution is -0.383. The second-order valence-corrected chi connectivity index (χ2v) is 4.70. The summed E-state index contributed by atoms with van der Waals surface area (Å²) in [6.07, 6.45) is 0. The van der Waals surface area contributed by atoms with Crippen molar-refractivity contribution in [2.24, 2.45) is 0 Å². The van der Waals surface area contributed by atoms with Gasteiger partial charge in [0.25, 0.3) is 5.69 Å². The molecule has 0 unspecified atom stereocenters. The monoisotopic (exact) mass is 334 g/mol. The van der Waals surface area contributed by atoms with E-state index < -0.39 is 4.92 Å². The summed E-state index contributed by atoms with van der Waals surface area (Å²) in [5.74, 6) is 0. The fourth-order valence-corrected chi connectivity index (χ4v) is 1.79. The molecule has 2 aromatic rings. The van der Waals surface area contributed by atoms with Crippen molar-refractivity contribution >= 4 is 22.7 Å². The van der Waals surface area contributed by atoms with Crippen LogP contribution >= 0.6 is 0 Å². The highest BCUT2D eigenvalue weighted by atomic mass is 16.6. The summed E-state index contributed by atoms with van der Waals surface area (Å²) >= 11 is 0. The minimum absolute atomic E-state index is 0.0433. The summed E-state index contributed by atoms with van der Waals surface area (Å²) in [6, 6.07) is 14.1. The van der Waals surface area contributed by atoms with Crippen LogP contribution in [0.3, 0.4) is 0 Å². The van der Waals surface area contributed by atoms with E-state index in [4.69, 9.17) is 15.9 Å². The number of anilines is 3. The first kappa shape index (κ1) is 19.2. The van der Waals surface area contributed by atoms with Crippen LogP contribution in [0, 0.1) is 10.1 Å². The van der Waals surface area contributed by atoms with E-state index in [1.165, 1.54) is 6.07 Å². The maximum Gasteiger partial charge on any atom is 0.294 e. The molecule has 24 heavy (non-hydrogen) atoms. The van der Waals surface area contributed by atoms with Gasteiger partial charge >= 0.3 is 0 Å². The molecule has 0 spiro atoms. The van der Waals surface area contributed by atoms with Gasteiger partial charge in [-0.1, -0.05) is 18.2 Å². The second-order valence-electron chi connectivity index (χ2n) is 4.70. The van der Waals surface area contributed by atoms with Crippen LogP contribution in [-0.2, 0) is 0 Å². The highest BCUT2D eigenvalue weighted by molar-refractivity contribution is 5.67. The van der Waals surface area contributed by atoms with Crippen LogP contribution in [0.25, 0.3) is 0 Å². The zero-order valence-corrected chi connectivity index (χ0v) is 13.2. The predicted molar refractivity (Wildman–Crippen MR) is 95.1 cm³/mol. The van der Waals surface area contributed by atoms with Crippen LogP contribution in [-0.4, -0.2) is 41.4 Å². The van der Waals surface area contributed by atoms with Gasteiger partial charge in [0, 0.05) is 30.5 Å². The number of aliphatic hydroxyl groups is 2. The van der Waals surface area contributed by atoms with Gasteiger partial charge in [0.1, 0.15) is 5.69 Å². The highest BCUT2D eigenvalue weighted by Crippen LogP contribution is 2.27. The zero-order chi connectivity index (χ0) is 17.8. The Morgan fingerprint density at radius 1 is 1.00 bits per heavy atom. The molecule has 8 nitrogen and oxygen atoms in total. The van der Waals surface area contributed by atoms with Crippen molar-refractivity contribution < 1.29 is 15.1 Å². The van der Waals surface area contributed by atoms with Crippen LogP contribution in [0.15, 0.2) is 48.5 Å². The third kappa shape index (κ3) is 6.95. The summed E-state index contributed by atoms with van der Waals surface area (Å²) in [7, 11) is 0. The first-order chi connectivity index (χ1) is 11.6. The number of nitro benzene ring substituents is 1. The van der Waals surface area contributed by atoms with Gasteiger partial charge in [-0.3, -0.25) is 10.1 Å². The zero-order valence-electron chi connectivity index (χ0n) is 13.2. The van der Waals surface area contributed by atoms with Gasteiger partial charge in [0.2, 0.25) is 0 Å². The van der Waals surface area contributed by atoms with E-state index in [0.29, 0.717) is 17.9 Å². The Balaban J connectivity index is 0.000000341. The molecule has 130 valence electrons. The van der Waals surface area contributed by atoms with Crippen molar-refractivity contribution in [3.05, 3.63) is 58.6 Å². The highest BCUT2D eigenvalue weighted by Gasteiger charge is 2.13. The number of benzene rings is 2. The lowest BCUT2D eigenvalue weighted by atomic mass is 10.2. The topological polar surface area (TPSA) is 134 Å². The van der Waals surface area contributed by atoms with Gasteiger partial charge in [-0.05, 0) is 24.3 Å². The lowest BCUT2D eigenvalue weighted by Gasteiger charge is -2.08. The third-order valence-electron chi connectivity index (χ3n) is 2.86. The number of rotatable bonds is 7. The number of para-hydroxylation sites is 1. The average molecular weight is 334 g/mol. The van der Waals surface area contributed by atoms with E-state index in [-0.39, 0.29) is 25.4 Å². The molecule has 0 amide bonds. The number of nitrogens with two attached hydrogens (primary N) is 1. The van der Waals surface area contributed by atoms with Crippen molar-refractivity contribution in [2.75, 3.05) is 42.7 Å². The van der Waals surface area contributed by atoms with Gasteiger partial charge in [-0.25, -0.2) is 0 Å². The van der Waals surface area contributed by atoms with Gasteiger partial charge < -0.3 is 26.6 Å². The second kappa shape index (κ2) is 10.8. The van der Waals surface area contributed by atoms with E-state index in [9.17, 15) is 10.1 Å². The molecule has 8 heteroatoms. The van der Waals surface area contributed by atoms with Gasteiger partial charge in [0.05, 0.1) is 18.1 Å². The molecule has 2 aromatic carbocycles. The molecule has 6 N–H and O–H groups in total. The van der Waals surface area contributed by atoms with E-state index in [2.05, 4.69) is 10.6 Å². The number of nitrogens with zero attached hydrogens (tertiary/aromatic N) is 1. The molecule has 0 atom stereocenters. The number of hydrogen-bond donors (Lipinski definition) is 5. The summed E-state index contributed by atoms with van der Waals surface area (Å²) in [6.45, 7) is 0.449. The Bertz CT molecular complexity index is 623. The van der Waals surface area contributed by atoms with Crippen molar-refractivity contribution in [3.8, 4) is 0 Å². The van der Waals surface area contributed by atoms with Gasteiger partial charge in [0.15, 0.2) is 0 Å². The number of hydrogen-bond acceptors (Lipinski definition) is 7. The molecule has 0 saturated heterocycles. The maximum absolute atomic E-state index is 10.8. The molecule has 0 saturated carbocycles. The standard InChI is InChI=1S/C10H15N3O4.C6H7N/c14-5-3-11-8-1-2-9(12-4-6-15)10(7-8)13(16)17;7-6-4-2-1-3-5-6/h1-2,7,11-12,14-15H,3-6H2;1-5H,7H2. The molecule has 0 radical (unpaired) electrons. The van der Waals surface area contributed by atoms with Crippen LogP contribution in [0.5, 0.6) is 0 Å². The molecule has 2 rings (SSSR count). The fraction of sp³-hybridized carbons (Fsp3) is 0.250. The predicted octanol–water partition coefficient (Wildman–Crippen LogP) is 1.67. The SMILES string of the molecule is Nc1ccccc1.O=[N+]([O-])c1cc(NCCO)ccc1NCCO. The van der Waals surface area contributed by atoms with Gasteiger partial charge in [-0.15, -0.1) is 0 Å². The Morgan fingerprint density at radius 2 is 1.62 bits per heavy atom. The van der Waals surface area contributed by atoms with E-state index in [0.717, 1.165) is 5.69 Å². The molecule has 0 aliphatic carbocycles. The molecule has 0 aromatic heterocycles. The summed E-state index contributed by atoms with van der Waals surface area (Å²) in [4.78, 5) is 10.3. The van der Waals surface area contributed by atoms with Crippen LogP contribution in [0.4, 0.5) is 22.7 Å². The van der Waals surface area contributed by atoms with E-state index in [1.54, 1.807) is 12.1 Å². The first-order valence-corrected chi connectivity index (χ1v) is 7.37. The van der Waals surface area contributed by atoms with Crippen molar-refractivity contribution in [3.63, 3.8) is 0 Å². The molecular weight excluding hydrogens is 312 g/mol. The normalized spacial score (nSPS) is 9.58. The molecule has 0 fully saturated rings. The summed E-state index contributed by atoms with van der Waals surface area (Å²) in [5.41, 5.74) is 7.04. The summed E-state index contributed by atoms with van der Waals surface area (Å²) in [5, 5.41) is 33.7. The summed E-state index contributed by atoms with van der Waals surface area (Å²) < 4.78 is 0. The molecule has 0 heterocycles. The van der Waals surface area contributed by atoms with E-state index in [1.807, 2.05) is 30.3 Å². The Labute approximate surface area is 140 Å².